The molecular weight excluding hydrogens is 843 g/mol. The Hall–Kier alpha value is -9.04. The van der Waals surface area contributed by atoms with E-state index in [1.807, 2.05) is 0 Å². The summed E-state index contributed by atoms with van der Waals surface area (Å²) in [6, 6.07) is 105. The van der Waals surface area contributed by atoms with Gasteiger partial charge in [-0.15, -0.1) is 0 Å². The van der Waals surface area contributed by atoms with Crippen molar-refractivity contribution in [1.29, 1.82) is 0 Å². The summed E-state index contributed by atoms with van der Waals surface area (Å²) >= 11 is 0. The number of hydrogen-bond donors (Lipinski definition) is 0. The van der Waals surface area contributed by atoms with Gasteiger partial charge in [0.2, 0.25) is 0 Å². The van der Waals surface area contributed by atoms with Crippen molar-refractivity contribution in [2.75, 3.05) is 4.90 Å². The summed E-state index contributed by atoms with van der Waals surface area (Å²) in [4.78, 5) is 2.51. The van der Waals surface area contributed by atoms with Crippen LogP contribution in [0.4, 0.5) is 17.1 Å². The van der Waals surface area contributed by atoms with Crippen molar-refractivity contribution in [2.24, 2.45) is 0 Å². The number of hydrogen-bond acceptors (Lipinski definition) is 1. The third kappa shape index (κ3) is 6.78. The van der Waals surface area contributed by atoms with Crippen molar-refractivity contribution in [3.63, 3.8) is 0 Å². The predicted octanol–water partition coefficient (Wildman–Crippen LogP) is 18.5. The zero-order valence-corrected chi connectivity index (χ0v) is 38.6. The van der Waals surface area contributed by atoms with Crippen LogP contribution in [-0.2, 0) is 5.41 Å². The summed E-state index contributed by atoms with van der Waals surface area (Å²) in [5.74, 6) is 0. The molecule has 1 nitrogen and oxygen atoms in total. The van der Waals surface area contributed by atoms with Gasteiger partial charge in [-0.25, -0.2) is 0 Å². The van der Waals surface area contributed by atoms with Gasteiger partial charge in [-0.1, -0.05) is 243 Å². The first-order chi connectivity index (χ1) is 34.7. The number of nitrogens with zero attached hydrogens (tertiary/aromatic N) is 1. The SMILES string of the molecule is c1ccc(-c2cc(-c3ccccc3)cc(N(c3ccc4c(c3)C(c3ccccc3)(c3ccccc3)c3ccccc3-4)c3ccc4c(c3)c(-c3ccccc3)c(-c3ccccc3)c3ccccc34)c2)cc1. The molecule has 0 heterocycles. The first kappa shape index (κ1) is 41.2. The minimum absolute atomic E-state index is 0.565. The van der Waals surface area contributed by atoms with Crippen LogP contribution in [0.3, 0.4) is 0 Å². The number of rotatable bonds is 9. The van der Waals surface area contributed by atoms with Crippen LogP contribution in [0.2, 0.25) is 0 Å². The summed E-state index contributed by atoms with van der Waals surface area (Å²) < 4.78 is 0. The molecule has 12 aromatic rings. The Morgan fingerprint density at radius 2 is 0.643 bits per heavy atom. The van der Waals surface area contributed by atoms with Gasteiger partial charge in [0.05, 0.1) is 5.41 Å². The summed E-state index contributed by atoms with van der Waals surface area (Å²) in [5, 5.41) is 4.89. The van der Waals surface area contributed by atoms with Gasteiger partial charge in [0.25, 0.3) is 0 Å². The fourth-order valence-electron chi connectivity index (χ4n) is 11.5. The predicted molar refractivity (Wildman–Crippen MR) is 295 cm³/mol. The minimum Gasteiger partial charge on any atom is -0.310 e. The maximum atomic E-state index is 2.51. The fourth-order valence-corrected chi connectivity index (χ4v) is 11.5. The molecule has 0 saturated carbocycles. The second-order valence-corrected chi connectivity index (χ2v) is 18.4. The quantitative estimate of drug-likeness (QED) is 0.131. The largest absolute Gasteiger partial charge is 0.310 e. The lowest BCUT2D eigenvalue weighted by molar-refractivity contribution is 0.768. The Kier molecular flexibility index (Phi) is 10.1. The molecule has 0 fully saturated rings. The molecule has 328 valence electrons. The molecule has 12 aromatic carbocycles. The van der Waals surface area contributed by atoms with E-state index < -0.39 is 5.41 Å². The van der Waals surface area contributed by atoms with Crippen molar-refractivity contribution in [3.05, 3.63) is 307 Å². The molecule has 0 unspecified atom stereocenters. The van der Waals surface area contributed by atoms with Gasteiger partial charge in [0.1, 0.15) is 0 Å². The van der Waals surface area contributed by atoms with E-state index >= 15 is 0 Å². The smallest absolute Gasteiger partial charge is 0.0714 e. The Labute approximate surface area is 409 Å². The lowest BCUT2D eigenvalue weighted by Crippen LogP contribution is -2.28. The van der Waals surface area contributed by atoms with Crippen molar-refractivity contribution in [1.82, 2.24) is 0 Å². The average molecular weight is 890 g/mol. The molecule has 0 aromatic heterocycles. The lowest BCUT2D eigenvalue weighted by atomic mass is 9.67. The molecule has 0 bridgehead atoms. The molecule has 0 aliphatic heterocycles. The van der Waals surface area contributed by atoms with E-state index in [0.29, 0.717) is 0 Å². The Bertz CT molecular complexity index is 3750. The molecule has 1 aliphatic rings. The first-order valence-electron chi connectivity index (χ1n) is 24.2. The fraction of sp³-hybridized carbons (Fsp3) is 0.0145. The molecule has 70 heavy (non-hydrogen) atoms. The maximum absolute atomic E-state index is 2.51. The first-order valence-corrected chi connectivity index (χ1v) is 24.2. The van der Waals surface area contributed by atoms with E-state index in [0.717, 1.165) is 28.2 Å². The molecule has 0 N–H and O–H groups in total. The molecule has 1 heteroatoms. The van der Waals surface area contributed by atoms with Crippen molar-refractivity contribution < 1.29 is 0 Å². The number of fused-ring (bicyclic) bond motifs is 6. The molecule has 0 amide bonds. The highest BCUT2D eigenvalue weighted by Gasteiger charge is 2.46. The van der Waals surface area contributed by atoms with Gasteiger partial charge < -0.3 is 4.90 Å². The van der Waals surface area contributed by atoms with Crippen LogP contribution in [0.25, 0.3) is 77.2 Å². The van der Waals surface area contributed by atoms with Gasteiger partial charge in [-0.2, -0.15) is 0 Å². The highest BCUT2D eigenvalue weighted by atomic mass is 15.1. The third-order valence-corrected chi connectivity index (χ3v) is 14.5. The van der Waals surface area contributed by atoms with Crippen molar-refractivity contribution >= 4 is 38.6 Å². The van der Waals surface area contributed by atoms with Gasteiger partial charge in [0, 0.05) is 17.1 Å². The van der Waals surface area contributed by atoms with E-state index in [2.05, 4.69) is 290 Å². The van der Waals surface area contributed by atoms with Crippen LogP contribution in [0.1, 0.15) is 22.3 Å². The summed E-state index contributed by atoms with van der Waals surface area (Å²) in [6.07, 6.45) is 0. The lowest BCUT2D eigenvalue weighted by Gasteiger charge is -2.35. The number of benzene rings is 12. The average Bonchev–Trinajstić information content (AvgIpc) is 3.74. The van der Waals surface area contributed by atoms with Crippen molar-refractivity contribution in [2.45, 2.75) is 5.41 Å². The van der Waals surface area contributed by atoms with E-state index in [9.17, 15) is 0 Å². The monoisotopic (exact) mass is 889 g/mol. The van der Waals surface area contributed by atoms with Gasteiger partial charge in [-0.3, -0.25) is 0 Å². The molecular formula is C69H47N. The van der Waals surface area contributed by atoms with Gasteiger partial charge >= 0.3 is 0 Å². The van der Waals surface area contributed by atoms with Gasteiger partial charge in [-0.05, 0) is 142 Å². The van der Waals surface area contributed by atoms with Crippen LogP contribution < -0.4 is 4.90 Å². The van der Waals surface area contributed by atoms with E-state index in [1.54, 1.807) is 0 Å². The summed E-state index contributed by atoms with van der Waals surface area (Å²) in [6.45, 7) is 0. The second-order valence-electron chi connectivity index (χ2n) is 18.4. The normalized spacial score (nSPS) is 12.4. The summed E-state index contributed by atoms with van der Waals surface area (Å²) in [5.41, 5.74) is 19.7. The van der Waals surface area contributed by atoms with Crippen LogP contribution >= 0.6 is 0 Å². The third-order valence-electron chi connectivity index (χ3n) is 14.5. The Balaban J connectivity index is 1.14. The zero-order valence-electron chi connectivity index (χ0n) is 38.6. The highest BCUT2D eigenvalue weighted by molar-refractivity contribution is 6.22. The standard InChI is InChI=1S/C69H47N/c1-7-23-48(24-8-1)52-43-53(49-25-9-2-10-26-49)45-58(44-52)70(57-40-42-62-61-36-21-22-38-65(61)69(66(62)47-57,54-31-15-5-16-32-54)55-33-17-6-18-34-55)56-39-41-60-59-35-19-20-37-63(59)67(50-27-11-3-12-28-50)68(64(60)46-56)51-29-13-4-14-30-51/h1-47H. The van der Waals surface area contributed by atoms with Crippen molar-refractivity contribution in [3.8, 4) is 55.6 Å². The molecule has 0 spiro atoms. The minimum atomic E-state index is -0.565. The van der Waals surface area contributed by atoms with Crippen LogP contribution in [0.5, 0.6) is 0 Å². The van der Waals surface area contributed by atoms with Crippen LogP contribution in [0, 0.1) is 0 Å². The maximum Gasteiger partial charge on any atom is 0.0714 e. The topological polar surface area (TPSA) is 3.24 Å². The molecule has 0 radical (unpaired) electrons. The molecule has 1 aliphatic carbocycles. The second kappa shape index (κ2) is 17.2. The van der Waals surface area contributed by atoms with Crippen LogP contribution in [0.15, 0.2) is 285 Å². The molecule has 0 saturated heterocycles. The summed E-state index contributed by atoms with van der Waals surface area (Å²) in [7, 11) is 0. The van der Waals surface area contributed by atoms with E-state index in [1.165, 1.54) is 88.3 Å². The zero-order chi connectivity index (χ0) is 46.4. The van der Waals surface area contributed by atoms with Crippen LogP contribution in [-0.4, -0.2) is 0 Å². The van der Waals surface area contributed by atoms with Gasteiger partial charge in [0.15, 0.2) is 0 Å². The Morgan fingerprint density at radius 1 is 0.229 bits per heavy atom. The highest BCUT2D eigenvalue weighted by Crippen LogP contribution is 2.58. The molecule has 0 atom stereocenters. The van der Waals surface area contributed by atoms with E-state index in [4.69, 9.17) is 0 Å². The van der Waals surface area contributed by atoms with E-state index in [-0.39, 0.29) is 0 Å². The Morgan fingerprint density at radius 3 is 1.21 bits per heavy atom. The number of anilines is 3. The molecule has 13 rings (SSSR count).